The molecule has 6 heteroatoms. The first-order chi connectivity index (χ1) is 12.6. The van der Waals surface area contributed by atoms with E-state index in [2.05, 4.69) is 10.5 Å². The van der Waals surface area contributed by atoms with Gasteiger partial charge < -0.3 is 9.84 Å². The van der Waals surface area contributed by atoms with Crippen LogP contribution in [-0.4, -0.2) is 11.1 Å². The number of carbonyl (C=O) groups is 1. The second-order valence-electron chi connectivity index (χ2n) is 6.47. The zero-order valence-corrected chi connectivity index (χ0v) is 14.6. The van der Waals surface area contributed by atoms with Crippen molar-refractivity contribution >= 4 is 17.5 Å². The van der Waals surface area contributed by atoms with E-state index in [1.165, 1.54) is 12.1 Å². The highest BCUT2D eigenvalue weighted by atomic mass is 35.5. The van der Waals surface area contributed by atoms with E-state index in [1.807, 2.05) is 18.2 Å². The topological polar surface area (TPSA) is 55.1 Å². The zero-order valence-electron chi connectivity index (χ0n) is 13.8. The lowest BCUT2D eigenvalue weighted by Crippen LogP contribution is -2.34. The van der Waals surface area contributed by atoms with Crippen LogP contribution in [0.4, 0.5) is 4.39 Å². The number of amides is 1. The molecular formula is C20H16ClFN2O2. The number of nitrogens with one attached hydrogen (secondary N) is 1. The number of halogens is 2. The molecule has 0 radical (unpaired) electrons. The first-order valence-corrected chi connectivity index (χ1v) is 8.70. The van der Waals surface area contributed by atoms with Gasteiger partial charge in [0.05, 0.1) is 11.1 Å². The van der Waals surface area contributed by atoms with Gasteiger partial charge in [-0.05, 0) is 54.8 Å². The molecule has 0 spiro atoms. The Morgan fingerprint density at radius 3 is 2.50 bits per heavy atom. The molecule has 1 N–H and O–H groups in total. The van der Waals surface area contributed by atoms with E-state index >= 15 is 0 Å². The van der Waals surface area contributed by atoms with Crippen molar-refractivity contribution in [2.75, 3.05) is 0 Å². The van der Waals surface area contributed by atoms with Gasteiger partial charge in [-0.1, -0.05) is 28.9 Å². The van der Waals surface area contributed by atoms with Gasteiger partial charge >= 0.3 is 0 Å². The number of hydrogen-bond acceptors (Lipinski definition) is 3. The fraction of sp³-hybridized carbons (Fsp3) is 0.200. The third-order valence-corrected chi connectivity index (χ3v) is 4.93. The van der Waals surface area contributed by atoms with E-state index in [9.17, 15) is 9.18 Å². The van der Waals surface area contributed by atoms with E-state index in [4.69, 9.17) is 16.1 Å². The van der Waals surface area contributed by atoms with Crippen LogP contribution < -0.4 is 5.32 Å². The van der Waals surface area contributed by atoms with Crippen LogP contribution >= 0.6 is 11.6 Å². The molecule has 1 aliphatic carbocycles. The van der Waals surface area contributed by atoms with Crippen LogP contribution in [0.15, 0.2) is 59.1 Å². The van der Waals surface area contributed by atoms with Crippen molar-refractivity contribution in [3.63, 3.8) is 0 Å². The van der Waals surface area contributed by atoms with Crippen molar-refractivity contribution in [3.05, 3.63) is 76.7 Å². The Bertz CT molecular complexity index is 931. The molecule has 1 amide bonds. The minimum atomic E-state index is -0.631. The van der Waals surface area contributed by atoms with E-state index < -0.39 is 5.41 Å². The quantitative estimate of drug-likeness (QED) is 0.720. The molecular weight excluding hydrogens is 355 g/mol. The van der Waals surface area contributed by atoms with Gasteiger partial charge in [0.2, 0.25) is 5.91 Å². The van der Waals surface area contributed by atoms with E-state index in [0.29, 0.717) is 23.0 Å². The van der Waals surface area contributed by atoms with Gasteiger partial charge in [-0.25, -0.2) is 4.39 Å². The molecule has 3 aromatic rings. The highest BCUT2D eigenvalue weighted by molar-refractivity contribution is 6.30. The molecule has 26 heavy (non-hydrogen) atoms. The minimum Gasteiger partial charge on any atom is -0.356 e. The molecule has 1 aromatic heterocycles. The number of benzene rings is 2. The van der Waals surface area contributed by atoms with Crippen LogP contribution in [0.25, 0.3) is 11.3 Å². The summed E-state index contributed by atoms with van der Waals surface area (Å²) in [4.78, 5) is 12.7. The maximum atomic E-state index is 13.0. The summed E-state index contributed by atoms with van der Waals surface area (Å²) >= 11 is 5.90. The minimum absolute atomic E-state index is 0.0854. The Hall–Kier alpha value is -2.66. The van der Waals surface area contributed by atoms with Gasteiger partial charge in [0.1, 0.15) is 5.82 Å². The lowest BCUT2D eigenvalue weighted by Gasteiger charge is -2.12. The lowest BCUT2D eigenvalue weighted by atomic mass is 10.00. The predicted octanol–water partition coefficient (Wildman–Crippen LogP) is 4.48. The molecule has 0 bridgehead atoms. The summed E-state index contributed by atoms with van der Waals surface area (Å²) in [5.74, 6) is 0.225. The van der Waals surface area contributed by atoms with Gasteiger partial charge in [-0.15, -0.1) is 0 Å². The third kappa shape index (κ3) is 3.22. The summed E-state index contributed by atoms with van der Waals surface area (Å²) in [5, 5.41) is 7.68. The van der Waals surface area contributed by atoms with Crippen LogP contribution in [0.2, 0.25) is 5.02 Å². The molecule has 1 saturated carbocycles. The standard InChI is InChI=1S/C20H16ClFN2O2/c21-15-5-3-14(4-6-15)17-11-18(24-26-17)20(9-10-20)19(25)23-12-13-1-7-16(22)8-2-13/h1-8,11H,9-10,12H2,(H,23,25). The smallest absolute Gasteiger partial charge is 0.232 e. The summed E-state index contributed by atoms with van der Waals surface area (Å²) in [6.45, 7) is 0.350. The largest absolute Gasteiger partial charge is 0.356 e. The van der Waals surface area contributed by atoms with Crippen LogP contribution in [0.3, 0.4) is 0 Å². The maximum absolute atomic E-state index is 13.0. The molecule has 0 atom stereocenters. The number of rotatable bonds is 5. The fourth-order valence-electron chi connectivity index (χ4n) is 2.93. The SMILES string of the molecule is O=C(NCc1ccc(F)cc1)C1(c2cc(-c3ccc(Cl)cc3)on2)CC1. The Balaban J connectivity index is 1.47. The zero-order chi connectivity index (χ0) is 18.1. The summed E-state index contributed by atoms with van der Waals surface area (Å²) in [6, 6.07) is 15.1. The molecule has 4 rings (SSSR count). The Kier molecular flexibility index (Phi) is 4.24. The van der Waals surface area contributed by atoms with Crippen molar-refractivity contribution < 1.29 is 13.7 Å². The summed E-state index contributed by atoms with van der Waals surface area (Å²) < 4.78 is 18.4. The molecule has 0 aliphatic heterocycles. The maximum Gasteiger partial charge on any atom is 0.232 e. The number of carbonyl (C=O) groups excluding carboxylic acids is 1. The van der Waals surface area contributed by atoms with Crippen molar-refractivity contribution in [2.24, 2.45) is 0 Å². The van der Waals surface area contributed by atoms with E-state index in [-0.39, 0.29) is 11.7 Å². The summed E-state index contributed by atoms with van der Waals surface area (Å²) in [6.07, 6.45) is 1.46. The second-order valence-corrected chi connectivity index (χ2v) is 6.91. The number of hydrogen-bond donors (Lipinski definition) is 1. The van der Waals surface area contributed by atoms with Gasteiger partial charge in [-0.3, -0.25) is 4.79 Å². The average molecular weight is 371 g/mol. The molecule has 1 fully saturated rings. The number of aromatic nitrogens is 1. The van der Waals surface area contributed by atoms with Crippen LogP contribution in [0.1, 0.15) is 24.1 Å². The summed E-state index contributed by atoms with van der Waals surface area (Å²) in [7, 11) is 0. The monoisotopic (exact) mass is 370 g/mol. The average Bonchev–Trinajstić information content (AvgIpc) is 3.32. The highest BCUT2D eigenvalue weighted by Crippen LogP contribution is 2.48. The molecule has 0 saturated heterocycles. The van der Waals surface area contributed by atoms with Crippen LogP contribution in [-0.2, 0) is 16.8 Å². The Labute approximate surface area is 155 Å². The highest BCUT2D eigenvalue weighted by Gasteiger charge is 2.53. The van der Waals surface area contributed by atoms with Crippen LogP contribution in [0, 0.1) is 5.82 Å². The van der Waals surface area contributed by atoms with Crippen molar-refractivity contribution in [3.8, 4) is 11.3 Å². The molecule has 1 aliphatic rings. The molecule has 2 aromatic carbocycles. The Morgan fingerprint density at radius 1 is 1.15 bits per heavy atom. The lowest BCUT2D eigenvalue weighted by molar-refractivity contribution is -0.123. The molecule has 0 unspecified atom stereocenters. The van der Waals surface area contributed by atoms with Crippen molar-refractivity contribution in [1.29, 1.82) is 0 Å². The predicted molar refractivity (Wildman–Crippen MR) is 96.1 cm³/mol. The van der Waals surface area contributed by atoms with E-state index in [0.717, 1.165) is 24.0 Å². The molecule has 1 heterocycles. The van der Waals surface area contributed by atoms with Crippen molar-refractivity contribution in [2.45, 2.75) is 24.8 Å². The van der Waals surface area contributed by atoms with E-state index in [1.54, 1.807) is 24.3 Å². The van der Waals surface area contributed by atoms with Gasteiger partial charge in [0.15, 0.2) is 5.76 Å². The molecule has 4 nitrogen and oxygen atoms in total. The fourth-order valence-corrected chi connectivity index (χ4v) is 3.06. The Morgan fingerprint density at radius 2 is 1.85 bits per heavy atom. The molecule has 132 valence electrons. The van der Waals surface area contributed by atoms with Gasteiger partial charge in [-0.2, -0.15) is 0 Å². The second kappa shape index (κ2) is 6.57. The first kappa shape index (κ1) is 16.8. The number of nitrogens with zero attached hydrogens (tertiary/aromatic N) is 1. The van der Waals surface area contributed by atoms with Crippen molar-refractivity contribution in [1.82, 2.24) is 10.5 Å². The van der Waals surface area contributed by atoms with Crippen LogP contribution in [0.5, 0.6) is 0 Å². The van der Waals surface area contributed by atoms with Gasteiger partial charge in [0.25, 0.3) is 0 Å². The summed E-state index contributed by atoms with van der Waals surface area (Å²) in [5.41, 5.74) is 1.71. The first-order valence-electron chi connectivity index (χ1n) is 8.33. The normalized spacial score (nSPS) is 14.8. The third-order valence-electron chi connectivity index (χ3n) is 4.68. The van der Waals surface area contributed by atoms with Gasteiger partial charge in [0, 0.05) is 23.2 Å².